The van der Waals surface area contributed by atoms with Crippen molar-refractivity contribution in [1.29, 1.82) is 0 Å². The van der Waals surface area contributed by atoms with E-state index in [2.05, 4.69) is 43.1 Å². The minimum Gasteiger partial charge on any atom is -0.468 e. The zero-order valence-corrected chi connectivity index (χ0v) is 13.2. The molecule has 0 aromatic heterocycles. The van der Waals surface area contributed by atoms with Gasteiger partial charge in [0.15, 0.2) is 0 Å². The Morgan fingerprint density at radius 2 is 1.95 bits per heavy atom. The highest BCUT2D eigenvalue weighted by Crippen LogP contribution is 1.98. The molecule has 0 aromatic carbocycles. The Balaban J connectivity index is 4.21. The van der Waals surface area contributed by atoms with Gasteiger partial charge >= 0.3 is 5.97 Å². The maximum absolute atomic E-state index is 11.7. The molecule has 5 heteroatoms. The second-order valence-electron chi connectivity index (χ2n) is 5.08. The Labute approximate surface area is 118 Å². The molecule has 1 N–H and O–H groups in total. The fraction of sp³-hybridized carbons (Fsp3) is 0.929. The first-order chi connectivity index (χ1) is 9.04. The van der Waals surface area contributed by atoms with Gasteiger partial charge in [0, 0.05) is 6.54 Å². The molecular formula is C14H31N3O2. The van der Waals surface area contributed by atoms with Crippen LogP contribution in [0.2, 0.25) is 0 Å². The third-order valence-corrected chi connectivity index (χ3v) is 3.09. The Kier molecular flexibility index (Phi) is 10.8. The molecule has 1 atom stereocenters. The van der Waals surface area contributed by atoms with E-state index in [1.807, 2.05) is 0 Å². The van der Waals surface area contributed by atoms with Crippen molar-refractivity contribution >= 4 is 5.97 Å². The van der Waals surface area contributed by atoms with Crippen LogP contribution in [0.15, 0.2) is 0 Å². The Bertz CT molecular complexity index is 235. The van der Waals surface area contributed by atoms with E-state index in [4.69, 9.17) is 4.74 Å². The molecule has 0 aliphatic heterocycles. The van der Waals surface area contributed by atoms with Crippen LogP contribution in [0.4, 0.5) is 0 Å². The van der Waals surface area contributed by atoms with Crippen molar-refractivity contribution in [3.8, 4) is 0 Å². The quantitative estimate of drug-likeness (QED) is 0.564. The van der Waals surface area contributed by atoms with E-state index in [9.17, 15) is 4.79 Å². The summed E-state index contributed by atoms with van der Waals surface area (Å²) >= 11 is 0. The molecule has 0 rings (SSSR count). The van der Waals surface area contributed by atoms with E-state index in [1.54, 1.807) is 0 Å². The number of esters is 1. The lowest BCUT2D eigenvalue weighted by Crippen LogP contribution is -2.47. The number of nitrogens with zero attached hydrogens (tertiary/aromatic N) is 2. The van der Waals surface area contributed by atoms with Crippen molar-refractivity contribution < 1.29 is 9.53 Å². The molecule has 1 unspecified atom stereocenters. The van der Waals surface area contributed by atoms with Crippen LogP contribution in [0, 0.1) is 0 Å². The summed E-state index contributed by atoms with van der Waals surface area (Å²) < 4.78 is 4.86. The highest BCUT2D eigenvalue weighted by atomic mass is 16.5. The van der Waals surface area contributed by atoms with Gasteiger partial charge in [0.05, 0.1) is 7.11 Å². The molecular weight excluding hydrogens is 242 g/mol. The average Bonchev–Trinajstić information content (AvgIpc) is 2.40. The van der Waals surface area contributed by atoms with Gasteiger partial charge in [0.25, 0.3) is 0 Å². The molecule has 0 aliphatic rings. The highest BCUT2D eigenvalue weighted by molar-refractivity contribution is 5.75. The summed E-state index contributed by atoms with van der Waals surface area (Å²) in [6, 6.07) is -0.218. The standard InChI is InChI=1S/C14H31N3O2/c1-6-9-15-13(14(18)19-5)12-17(7-2)11-8-10-16(3)4/h13,15H,6-12H2,1-5H3. The third-order valence-electron chi connectivity index (χ3n) is 3.09. The van der Waals surface area contributed by atoms with Crippen molar-refractivity contribution in [3.63, 3.8) is 0 Å². The molecule has 0 bridgehead atoms. The molecule has 5 nitrogen and oxygen atoms in total. The molecule has 0 radical (unpaired) electrons. The largest absolute Gasteiger partial charge is 0.468 e. The Morgan fingerprint density at radius 3 is 2.42 bits per heavy atom. The summed E-state index contributed by atoms with van der Waals surface area (Å²) in [6.45, 7) is 8.82. The van der Waals surface area contributed by atoms with Crippen LogP contribution in [0.3, 0.4) is 0 Å². The van der Waals surface area contributed by atoms with Crippen LogP contribution < -0.4 is 5.32 Å². The second kappa shape index (κ2) is 11.2. The maximum Gasteiger partial charge on any atom is 0.324 e. The molecule has 0 saturated carbocycles. The lowest BCUT2D eigenvalue weighted by molar-refractivity contribution is -0.143. The minimum atomic E-state index is -0.218. The first kappa shape index (κ1) is 18.4. The summed E-state index contributed by atoms with van der Waals surface area (Å²) in [5.41, 5.74) is 0. The van der Waals surface area contributed by atoms with Gasteiger partial charge in [0.1, 0.15) is 6.04 Å². The van der Waals surface area contributed by atoms with Gasteiger partial charge in [-0.1, -0.05) is 13.8 Å². The summed E-state index contributed by atoms with van der Waals surface area (Å²) in [5.74, 6) is -0.167. The van der Waals surface area contributed by atoms with Crippen molar-refractivity contribution in [2.75, 3.05) is 53.9 Å². The van der Waals surface area contributed by atoms with Crippen LogP contribution in [-0.4, -0.2) is 75.7 Å². The van der Waals surface area contributed by atoms with Gasteiger partial charge in [-0.25, -0.2) is 0 Å². The molecule has 0 fully saturated rings. The molecule has 0 saturated heterocycles. The smallest absolute Gasteiger partial charge is 0.324 e. The maximum atomic E-state index is 11.7. The van der Waals surface area contributed by atoms with E-state index in [0.29, 0.717) is 0 Å². The van der Waals surface area contributed by atoms with Crippen molar-refractivity contribution in [3.05, 3.63) is 0 Å². The number of hydrogen-bond donors (Lipinski definition) is 1. The van der Waals surface area contributed by atoms with Crippen LogP contribution in [0.1, 0.15) is 26.7 Å². The Morgan fingerprint density at radius 1 is 1.26 bits per heavy atom. The molecule has 0 spiro atoms. The number of nitrogens with one attached hydrogen (secondary N) is 1. The van der Waals surface area contributed by atoms with E-state index in [-0.39, 0.29) is 12.0 Å². The molecule has 0 heterocycles. The van der Waals surface area contributed by atoms with E-state index in [0.717, 1.165) is 45.6 Å². The number of carbonyl (C=O) groups is 1. The third kappa shape index (κ3) is 8.97. The van der Waals surface area contributed by atoms with Gasteiger partial charge in [-0.3, -0.25) is 4.79 Å². The lowest BCUT2D eigenvalue weighted by Gasteiger charge is -2.26. The van der Waals surface area contributed by atoms with E-state index in [1.165, 1.54) is 7.11 Å². The van der Waals surface area contributed by atoms with Crippen LogP contribution in [0.5, 0.6) is 0 Å². The average molecular weight is 273 g/mol. The van der Waals surface area contributed by atoms with Gasteiger partial charge in [-0.2, -0.15) is 0 Å². The number of hydrogen-bond acceptors (Lipinski definition) is 5. The number of methoxy groups -OCH3 is 1. The fourth-order valence-corrected chi connectivity index (χ4v) is 1.93. The summed E-state index contributed by atoms with van der Waals surface area (Å²) in [6.07, 6.45) is 2.13. The van der Waals surface area contributed by atoms with Crippen LogP contribution >= 0.6 is 0 Å². The van der Waals surface area contributed by atoms with Crippen LogP contribution in [0.25, 0.3) is 0 Å². The molecule has 0 aromatic rings. The number of carbonyl (C=O) groups excluding carboxylic acids is 1. The van der Waals surface area contributed by atoms with Crippen molar-refractivity contribution in [1.82, 2.24) is 15.1 Å². The van der Waals surface area contributed by atoms with Gasteiger partial charge < -0.3 is 19.9 Å². The molecule has 19 heavy (non-hydrogen) atoms. The SMILES string of the molecule is CCCNC(CN(CC)CCCN(C)C)C(=O)OC. The number of rotatable bonds is 11. The lowest BCUT2D eigenvalue weighted by atomic mass is 10.2. The minimum absolute atomic E-state index is 0.167. The summed E-state index contributed by atoms with van der Waals surface area (Å²) in [7, 11) is 5.61. The summed E-state index contributed by atoms with van der Waals surface area (Å²) in [4.78, 5) is 16.2. The van der Waals surface area contributed by atoms with Crippen LogP contribution in [-0.2, 0) is 9.53 Å². The number of ether oxygens (including phenoxy) is 1. The highest BCUT2D eigenvalue weighted by Gasteiger charge is 2.20. The van der Waals surface area contributed by atoms with E-state index >= 15 is 0 Å². The van der Waals surface area contributed by atoms with Gasteiger partial charge in [-0.05, 0) is 53.1 Å². The zero-order valence-electron chi connectivity index (χ0n) is 13.2. The second-order valence-corrected chi connectivity index (χ2v) is 5.08. The monoisotopic (exact) mass is 273 g/mol. The van der Waals surface area contributed by atoms with Gasteiger partial charge in [0.2, 0.25) is 0 Å². The van der Waals surface area contributed by atoms with Crippen molar-refractivity contribution in [2.24, 2.45) is 0 Å². The Hall–Kier alpha value is -0.650. The number of likely N-dealkylation sites (N-methyl/N-ethyl adjacent to an activating group) is 1. The first-order valence-corrected chi connectivity index (χ1v) is 7.23. The molecule has 0 aliphatic carbocycles. The first-order valence-electron chi connectivity index (χ1n) is 7.23. The molecule has 114 valence electrons. The van der Waals surface area contributed by atoms with E-state index < -0.39 is 0 Å². The normalized spacial score (nSPS) is 13.0. The fourth-order valence-electron chi connectivity index (χ4n) is 1.93. The molecule has 0 amide bonds. The topological polar surface area (TPSA) is 44.8 Å². The van der Waals surface area contributed by atoms with Crippen molar-refractivity contribution in [2.45, 2.75) is 32.7 Å². The summed E-state index contributed by atoms with van der Waals surface area (Å²) in [5, 5.41) is 3.26. The van der Waals surface area contributed by atoms with Gasteiger partial charge in [-0.15, -0.1) is 0 Å². The predicted octanol–water partition coefficient (Wildman–Crippen LogP) is 0.801. The predicted molar refractivity (Wildman–Crippen MR) is 79.4 cm³/mol. The zero-order chi connectivity index (χ0) is 14.7.